The van der Waals surface area contributed by atoms with Crippen LogP contribution in [0.5, 0.6) is 0 Å². The van der Waals surface area contributed by atoms with Crippen LogP contribution in [-0.2, 0) is 0 Å². The fourth-order valence-corrected chi connectivity index (χ4v) is 1.46. The molecule has 4 nitrogen and oxygen atoms in total. The third kappa shape index (κ3) is 2.46. The highest BCUT2D eigenvalue weighted by molar-refractivity contribution is 5.77. The lowest BCUT2D eigenvalue weighted by Crippen LogP contribution is -2.04. The highest BCUT2D eigenvalue weighted by atomic mass is 15.3. The normalized spacial score (nSPS) is 11.1. The summed E-state index contributed by atoms with van der Waals surface area (Å²) in [5.41, 5.74) is 3.00. The third-order valence-corrected chi connectivity index (χ3v) is 2.38. The van der Waals surface area contributed by atoms with Crippen LogP contribution < -0.4 is 5.32 Å². The SMILES string of the molecule is CC(C)CCNc1ccc2nn[nH]c2c1. The van der Waals surface area contributed by atoms with Crippen LogP contribution >= 0.6 is 0 Å². The predicted molar refractivity (Wildman–Crippen MR) is 61.8 cm³/mol. The van der Waals surface area contributed by atoms with Gasteiger partial charge in [0.1, 0.15) is 5.52 Å². The molecule has 1 aromatic heterocycles. The Bertz CT molecular complexity index is 433. The summed E-state index contributed by atoms with van der Waals surface area (Å²) in [5, 5.41) is 13.9. The van der Waals surface area contributed by atoms with E-state index in [9.17, 15) is 0 Å². The maximum absolute atomic E-state index is 3.93. The summed E-state index contributed by atoms with van der Waals surface area (Å²) in [5.74, 6) is 0.732. The molecule has 0 atom stereocenters. The smallest absolute Gasteiger partial charge is 0.113 e. The second kappa shape index (κ2) is 4.29. The minimum atomic E-state index is 0.732. The third-order valence-electron chi connectivity index (χ3n) is 2.38. The van der Waals surface area contributed by atoms with Crippen molar-refractivity contribution in [1.29, 1.82) is 0 Å². The van der Waals surface area contributed by atoms with Gasteiger partial charge in [-0.15, -0.1) is 5.10 Å². The van der Waals surface area contributed by atoms with E-state index in [1.54, 1.807) is 0 Å². The average molecular weight is 204 g/mol. The number of aromatic amines is 1. The fraction of sp³-hybridized carbons (Fsp3) is 0.455. The summed E-state index contributed by atoms with van der Waals surface area (Å²) < 4.78 is 0. The number of nitrogens with one attached hydrogen (secondary N) is 2. The van der Waals surface area contributed by atoms with Crippen LogP contribution in [0.2, 0.25) is 0 Å². The number of hydrogen-bond donors (Lipinski definition) is 2. The zero-order valence-electron chi connectivity index (χ0n) is 9.12. The Morgan fingerprint density at radius 3 is 3.07 bits per heavy atom. The van der Waals surface area contributed by atoms with Crippen molar-refractivity contribution < 1.29 is 0 Å². The van der Waals surface area contributed by atoms with Crippen molar-refractivity contribution in [3.63, 3.8) is 0 Å². The molecular formula is C11H16N4. The molecule has 0 amide bonds. The van der Waals surface area contributed by atoms with E-state index in [4.69, 9.17) is 0 Å². The predicted octanol–water partition coefficient (Wildman–Crippen LogP) is 2.42. The van der Waals surface area contributed by atoms with Gasteiger partial charge in [-0.25, -0.2) is 0 Å². The van der Waals surface area contributed by atoms with E-state index in [0.717, 1.165) is 29.2 Å². The van der Waals surface area contributed by atoms with Crippen molar-refractivity contribution in [1.82, 2.24) is 15.4 Å². The van der Waals surface area contributed by atoms with Gasteiger partial charge in [0.15, 0.2) is 0 Å². The Balaban J connectivity index is 2.02. The van der Waals surface area contributed by atoms with Gasteiger partial charge in [-0.05, 0) is 30.5 Å². The van der Waals surface area contributed by atoms with Gasteiger partial charge in [0, 0.05) is 12.2 Å². The highest BCUT2D eigenvalue weighted by Crippen LogP contribution is 2.14. The monoisotopic (exact) mass is 204 g/mol. The highest BCUT2D eigenvalue weighted by Gasteiger charge is 1.99. The molecule has 0 aliphatic rings. The maximum Gasteiger partial charge on any atom is 0.113 e. The van der Waals surface area contributed by atoms with Crippen LogP contribution in [0.3, 0.4) is 0 Å². The molecule has 0 spiro atoms. The van der Waals surface area contributed by atoms with Crippen LogP contribution in [-0.4, -0.2) is 22.0 Å². The topological polar surface area (TPSA) is 53.6 Å². The Kier molecular flexibility index (Phi) is 2.85. The largest absolute Gasteiger partial charge is 0.385 e. The number of benzene rings is 1. The lowest BCUT2D eigenvalue weighted by atomic mass is 10.1. The number of anilines is 1. The zero-order chi connectivity index (χ0) is 10.7. The molecule has 2 aromatic rings. The molecule has 0 bridgehead atoms. The van der Waals surface area contributed by atoms with Crippen LogP contribution in [0.4, 0.5) is 5.69 Å². The molecule has 0 fully saturated rings. The standard InChI is InChI=1S/C11H16N4/c1-8(2)5-6-12-9-3-4-10-11(7-9)14-15-13-10/h3-4,7-8,12H,5-6H2,1-2H3,(H,13,14,15). The maximum atomic E-state index is 3.93. The lowest BCUT2D eigenvalue weighted by molar-refractivity contribution is 0.607. The first kappa shape index (κ1) is 9.96. The van der Waals surface area contributed by atoms with Crippen molar-refractivity contribution in [2.75, 3.05) is 11.9 Å². The molecule has 15 heavy (non-hydrogen) atoms. The molecule has 0 aliphatic heterocycles. The zero-order valence-corrected chi connectivity index (χ0v) is 9.12. The molecule has 1 aromatic carbocycles. The Hall–Kier alpha value is -1.58. The first-order valence-electron chi connectivity index (χ1n) is 5.30. The molecule has 0 aliphatic carbocycles. The van der Waals surface area contributed by atoms with Crippen molar-refractivity contribution in [3.05, 3.63) is 18.2 Å². The van der Waals surface area contributed by atoms with Crippen molar-refractivity contribution >= 4 is 16.7 Å². The minimum Gasteiger partial charge on any atom is -0.385 e. The number of fused-ring (bicyclic) bond motifs is 1. The van der Waals surface area contributed by atoms with E-state index >= 15 is 0 Å². The van der Waals surface area contributed by atoms with Crippen molar-refractivity contribution in [2.24, 2.45) is 5.92 Å². The van der Waals surface area contributed by atoms with Gasteiger partial charge in [0.25, 0.3) is 0 Å². The van der Waals surface area contributed by atoms with Crippen molar-refractivity contribution in [3.8, 4) is 0 Å². The Labute approximate surface area is 89.1 Å². The molecule has 80 valence electrons. The van der Waals surface area contributed by atoms with Gasteiger partial charge in [-0.1, -0.05) is 19.1 Å². The summed E-state index contributed by atoms with van der Waals surface area (Å²) in [6, 6.07) is 6.04. The molecule has 2 rings (SSSR count). The molecule has 0 saturated carbocycles. The molecule has 2 N–H and O–H groups in total. The summed E-state index contributed by atoms with van der Waals surface area (Å²) in [6.07, 6.45) is 1.18. The number of nitrogens with zero attached hydrogens (tertiary/aromatic N) is 2. The van der Waals surface area contributed by atoms with Gasteiger partial charge in [-0.2, -0.15) is 0 Å². The average Bonchev–Trinajstić information content (AvgIpc) is 2.64. The van der Waals surface area contributed by atoms with Crippen LogP contribution in [0.1, 0.15) is 20.3 Å². The van der Waals surface area contributed by atoms with E-state index in [-0.39, 0.29) is 0 Å². The molecule has 0 unspecified atom stereocenters. The Morgan fingerprint density at radius 2 is 2.27 bits per heavy atom. The first-order chi connectivity index (χ1) is 7.25. The minimum absolute atomic E-state index is 0.732. The van der Waals surface area contributed by atoms with E-state index in [1.807, 2.05) is 18.2 Å². The first-order valence-corrected chi connectivity index (χ1v) is 5.30. The Morgan fingerprint density at radius 1 is 1.40 bits per heavy atom. The van der Waals surface area contributed by atoms with Gasteiger partial charge in [0.2, 0.25) is 0 Å². The quantitative estimate of drug-likeness (QED) is 0.804. The fourth-order valence-electron chi connectivity index (χ4n) is 1.46. The summed E-state index contributed by atoms with van der Waals surface area (Å²) >= 11 is 0. The summed E-state index contributed by atoms with van der Waals surface area (Å²) in [6.45, 7) is 5.46. The summed E-state index contributed by atoms with van der Waals surface area (Å²) in [7, 11) is 0. The lowest BCUT2D eigenvalue weighted by Gasteiger charge is -2.07. The van der Waals surface area contributed by atoms with E-state index in [2.05, 4.69) is 34.6 Å². The number of rotatable bonds is 4. The van der Waals surface area contributed by atoms with Crippen LogP contribution in [0.25, 0.3) is 11.0 Å². The van der Waals surface area contributed by atoms with Gasteiger partial charge >= 0.3 is 0 Å². The van der Waals surface area contributed by atoms with Gasteiger partial charge in [-0.3, -0.25) is 5.10 Å². The number of aromatic nitrogens is 3. The van der Waals surface area contributed by atoms with E-state index < -0.39 is 0 Å². The van der Waals surface area contributed by atoms with E-state index in [0.29, 0.717) is 0 Å². The molecule has 0 radical (unpaired) electrons. The number of H-pyrrole nitrogens is 1. The second-order valence-electron chi connectivity index (χ2n) is 4.15. The number of hydrogen-bond acceptors (Lipinski definition) is 3. The van der Waals surface area contributed by atoms with Gasteiger partial charge < -0.3 is 5.32 Å². The summed E-state index contributed by atoms with van der Waals surface area (Å²) in [4.78, 5) is 0. The molecule has 0 saturated heterocycles. The molecule has 4 heteroatoms. The van der Waals surface area contributed by atoms with Crippen LogP contribution in [0, 0.1) is 5.92 Å². The van der Waals surface area contributed by atoms with E-state index in [1.165, 1.54) is 6.42 Å². The molecule has 1 heterocycles. The second-order valence-corrected chi connectivity index (χ2v) is 4.15. The van der Waals surface area contributed by atoms with Crippen LogP contribution in [0.15, 0.2) is 18.2 Å². The molecular weight excluding hydrogens is 188 g/mol. The van der Waals surface area contributed by atoms with Crippen molar-refractivity contribution in [2.45, 2.75) is 20.3 Å². The van der Waals surface area contributed by atoms with Gasteiger partial charge in [0.05, 0.1) is 5.52 Å².